The van der Waals surface area contributed by atoms with Crippen LogP contribution in [0.3, 0.4) is 0 Å². The summed E-state index contributed by atoms with van der Waals surface area (Å²) in [6.07, 6.45) is 0.294. The lowest BCUT2D eigenvalue weighted by atomic mass is 10.2. The Morgan fingerprint density at radius 3 is 2.86 bits per heavy atom. The topological polar surface area (TPSA) is 45.2 Å². The number of aromatic nitrogens is 1. The minimum absolute atomic E-state index is 0.0503. The molecular weight excluding hydrogens is 341 g/mol. The maximum absolute atomic E-state index is 12.1. The van der Waals surface area contributed by atoms with Crippen LogP contribution in [0.15, 0.2) is 23.6 Å². The quantitative estimate of drug-likeness (QED) is 0.862. The fraction of sp³-hybridized carbons (Fsp3) is 0.333. The molecule has 0 spiro atoms. The Morgan fingerprint density at radius 2 is 2.18 bits per heavy atom. The summed E-state index contributed by atoms with van der Waals surface area (Å²) in [6.45, 7) is 1.44. The highest BCUT2D eigenvalue weighted by molar-refractivity contribution is 7.13. The summed E-state index contributed by atoms with van der Waals surface area (Å²) in [5, 5.41) is 6.86. The van der Waals surface area contributed by atoms with Gasteiger partial charge < -0.3 is 10.2 Å². The first kappa shape index (κ1) is 17.2. The summed E-state index contributed by atoms with van der Waals surface area (Å²) in [5.41, 5.74) is 1.59. The zero-order valence-corrected chi connectivity index (χ0v) is 14.7. The van der Waals surface area contributed by atoms with Gasteiger partial charge in [0.25, 0.3) is 0 Å². The molecule has 1 aromatic heterocycles. The molecule has 0 aliphatic rings. The van der Waals surface area contributed by atoms with E-state index >= 15 is 0 Å². The predicted octanol–water partition coefficient (Wildman–Crippen LogP) is 3.34. The Kier molecular flexibility index (Phi) is 6.20. The van der Waals surface area contributed by atoms with Gasteiger partial charge in [-0.15, -0.1) is 11.3 Å². The third-order valence-corrected chi connectivity index (χ3v) is 4.64. The van der Waals surface area contributed by atoms with Gasteiger partial charge in [0.1, 0.15) is 5.01 Å². The molecule has 0 aliphatic heterocycles. The van der Waals surface area contributed by atoms with Crippen LogP contribution in [0.25, 0.3) is 10.6 Å². The molecule has 0 unspecified atom stereocenters. The van der Waals surface area contributed by atoms with Crippen LogP contribution in [0, 0.1) is 0 Å². The molecule has 0 aliphatic carbocycles. The molecule has 0 fully saturated rings. The number of hydrogen-bond acceptors (Lipinski definition) is 4. The van der Waals surface area contributed by atoms with Crippen molar-refractivity contribution in [1.29, 1.82) is 0 Å². The van der Waals surface area contributed by atoms with Crippen molar-refractivity contribution in [2.45, 2.75) is 6.42 Å². The zero-order valence-electron chi connectivity index (χ0n) is 12.4. The Bertz CT molecular complexity index is 660. The van der Waals surface area contributed by atoms with Gasteiger partial charge in [-0.2, -0.15) is 0 Å². The molecule has 4 nitrogen and oxygen atoms in total. The van der Waals surface area contributed by atoms with Crippen LogP contribution in [0.2, 0.25) is 10.0 Å². The molecule has 0 radical (unpaired) electrons. The number of amides is 1. The first-order valence-corrected chi connectivity index (χ1v) is 8.43. The highest BCUT2D eigenvalue weighted by atomic mass is 35.5. The van der Waals surface area contributed by atoms with Crippen LogP contribution in [0.5, 0.6) is 0 Å². The van der Waals surface area contributed by atoms with Crippen molar-refractivity contribution in [2.24, 2.45) is 0 Å². The number of likely N-dealkylation sites (N-methyl/N-ethyl adjacent to an activating group) is 2. The van der Waals surface area contributed by atoms with E-state index in [2.05, 4.69) is 10.3 Å². The lowest BCUT2D eigenvalue weighted by Gasteiger charge is -2.16. The van der Waals surface area contributed by atoms with Gasteiger partial charge in [0.15, 0.2) is 0 Å². The first-order valence-electron chi connectivity index (χ1n) is 6.79. The van der Waals surface area contributed by atoms with Gasteiger partial charge >= 0.3 is 0 Å². The van der Waals surface area contributed by atoms with E-state index in [1.54, 1.807) is 24.1 Å². The van der Waals surface area contributed by atoms with Crippen LogP contribution < -0.4 is 5.32 Å². The van der Waals surface area contributed by atoms with E-state index in [0.717, 1.165) is 22.8 Å². The van der Waals surface area contributed by atoms with Gasteiger partial charge in [0, 0.05) is 36.1 Å². The maximum Gasteiger partial charge on any atom is 0.228 e. The van der Waals surface area contributed by atoms with E-state index in [1.165, 1.54) is 11.3 Å². The van der Waals surface area contributed by atoms with Crippen molar-refractivity contribution >= 4 is 40.4 Å². The molecule has 0 saturated carbocycles. The molecule has 1 heterocycles. The number of thiazole rings is 1. The van der Waals surface area contributed by atoms with E-state index in [-0.39, 0.29) is 5.91 Å². The largest absolute Gasteiger partial charge is 0.344 e. The Morgan fingerprint density at radius 1 is 1.41 bits per heavy atom. The molecule has 22 heavy (non-hydrogen) atoms. The summed E-state index contributed by atoms with van der Waals surface area (Å²) < 4.78 is 0. The Balaban J connectivity index is 2.07. The zero-order chi connectivity index (χ0) is 16.1. The number of nitrogens with one attached hydrogen (secondary N) is 1. The molecule has 118 valence electrons. The summed E-state index contributed by atoms with van der Waals surface area (Å²) in [4.78, 5) is 18.3. The van der Waals surface area contributed by atoms with Gasteiger partial charge in [0.05, 0.1) is 17.1 Å². The Hall–Kier alpha value is -1.14. The Labute approximate surface area is 144 Å². The lowest BCUT2D eigenvalue weighted by Crippen LogP contribution is -2.33. The van der Waals surface area contributed by atoms with Gasteiger partial charge in [-0.3, -0.25) is 4.79 Å². The molecule has 1 aromatic carbocycles. The minimum atomic E-state index is 0.0503. The number of nitrogens with zero attached hydrogens (tertiary/aromatic N) is 2. The second kappa shape index (κ2) is 7.92. The normalized spacial score (nSPS) is 10.7. The first-order chi connectivity index (χ1) is 10.5. The lowest BCUT2D eigenvalue weighted by molar-refractivity contribution is -0.129. The van der Waals surface area contributed by atoms with Crippen molar-refractivity contribution in [2.75, 3.05) is 27.2 Å². The maximum atomic E-state index is 12.1. The monoisotopic (exact) mass is 357 g/mol. The summed E-state index contributed by atoms with van der Waals surface area (Å²) in [6, 6.07) is 5.31. The average Bonchev–Trinajstić information content (AvgIpc) is 2.92. The number of rotatable bonds is 6. The van der Waals surface area contributed by atoms with E-state index in [9.17, 15) is 4.79 Å². The smallest absolute Gasteiger partial charge is 0.228 e. The van der Waals surface area contributed by atoms with Crippen molar-refractivity contribution < 1.29 is 4.79 Å². The highest BCUT2D eigenvalue weighted by Gasteiger charge is 2.14. The van der Waals surface area contributed by atoms with Crippen molar-refractivity contribution in [3.63, 3.8) is 0 Å². The number of halogens is 2. The molecule has 2 aromatic rings. The number of carbonyl (C=O) groups excluding carboxylic acids is 1. The number of benzene rings is 1. The molecule has 0 saturated heterocycles. The number of carbonyl (C=O) groups is 1. The third-order valence-electron chi connectivity index (χ3n) is 3.17. The highest BCUT2D eigenvalue weighted by Crippen LogP contribution is 2.32. The van der Waals surface area contributed by atoms with E-state index in [4.69, 9.17) is 23.2 Å². The fourth-order valence-corrected chi connectivity index (χ4v) is 3.28. The average molecular weight is 358 g/mol. The summed E-state index contributed by atoms with van der Waals surface area (Å²) in [5.74, 6) is 0.0503. The van der Waals surface area contributed by atoms with Crippen LogP contribution in [0.4, 0.5) is 0 Å². The van der Waals surface area contributed by atoms with E-state index in [1.807, 2.05) is 18.5 Å². The molecular formula is C15H17Cl2N3OS. The molecule has 0 bridgehead atoms. The predicted molar refractivity (Wildman–Crippen MR) is 92.8 cm³/mol. The molecule has 7 heteroatoms. The number of hydrogen-bond donors (Lipinski definition) is 1. The van der Waals surface area contributed by atoms with Crippen molar-refractivity contribution in [1.82, 2.24) is 15.2 Å². The van der Waals surface area contributed by atoms with Crippen LogP contribution in [-0.2, 0) is 11.2 Å². The summed E-state index contributed by atoms with van der Waals surface area (Å²) in [7, 11) is 3.66. The second-order valence-corrected chi connectivity index (χ2v) is 6.57. The molecule has 1 N–H and O–H groups in total. The molecule has 0 atom stereocenters. The van der Waals surface area contributed by atoms with Gasteiger partial charge in [-0.25, -0.2) is 4.98 Å². The third kappa shape index (κ3) is 4.43. The minimum Gasteiger partial charge on any atom is -0.344 e. The van der Waals surface area contributed by atoms with Gasteiger partial charge in [0.2, 0.25) is 5.91 Å². The van der Waals surface area contributed by atoms with Gasteiger partial charge in [-0.1, -0.05) is 23.2 Å². The van der Waals surface area contributed by atoms with Crippen molar-refractivity contribution in [3.8, 4) is 10.6 Å². The van der Waals surface area contributed by atoms with Crippen LogP contribution >= 0.6 is 34.5 Å². The molecule has 1 amide bonds. The fourth-order valence-electron chi connectivity index (χ4n) is 1.87. The van der Waals surface area contributed by atoms with Crippen LogP contribution in [0.1, 0.15) is 5.69 Å². The van der Waals surface area contributed by atoms with E-state index in [0.29, 0.717) is 23.0 Å². The van der Waals surface area contributed by atoms with Crippen molar-refractivity contribution in [3.05, 3.63) is 39.3 Å². The molecule has 2 rings (SSSR count). The summed E-state index contributed by atoms with van der Waals surface area (Å²) >= 11 is 13.6. The second-order valence-electron chi connectivity index (χ2n) is 4.86. The standard InChI is InChI=1S/C15H17Cl2N3OS/c1-18-5-6-20(2)14(21)8-11-9-22-15(19-11)12-4-3-10(16)7-13(12)17/h3-4,7,9,18H,5-6,8H2,1-2H3. The van der Waals surface area contributed by atoms with Gasteiger partial charge in [-0.05, 0) is 25.2 Å². The van der Waals surface area contributed by atoms with E-state index < -0.39 is 0 Å². The SMILES string of the molecule is CNCCN(C)C(=O)Cc1csc(-c2ccc(Cl)cc2Cl)n1. The van der Waals surface area contributed by atoms with Crippen LogP contribution in [-0.4, -0.2) is 43.0 Å².